The molecule has 0 bridgehead atoms. The van der Waals surface area contributed by atoms with Crippen LogP contribution in [0.25, 0.3) is 0 Å². The van der Waals surface area contributed by atoms with Crippen LogP contribution in [0.4, 0.5) is 5.69 Å². The maximum Gasteiger partial charge on any atom is 0.264 e. The third-order valence-electron chi connectivity index (χ3n) is 6.90. The smallest absolute Gasteiger partial charge is 0.264 e. The number of nitrogens with one attached hydrogen (secondary N) is 1. The van der Waals surface area contributed by atoms with E-state index < -0.39 is 28.5 Å². The van der Waals surface area contributed by atoms with Crippen LogP contribution in [0.5, 0.6) is 5.75 Å². The van der Waals surface area contributed by atoms with Gasteiger partial charge in [0.2, 0.25) is 11.8 Å². The first-order chi connectivity index (χ1) is 21.1. The van der Waals surface area contributed by atoms with E-state index in [4.69, 9.17) is 27.9 Å². The zero-order valence-electron chi connectivity index (χ0n) is 24.3. The molecule has 11 heteroatoms. The molecule has 0 saturated carbocycles. The van der Waals surface area contributed by atoms with E-state index >= 15 is 0 Å². The summed E-state index contributed by atoms with van der Waals surface area (Å²) in [6.07, 6.45) is 0.200. The third-order valence-corrected chi connectivity index (χ3v) is 9.22. The van der Waals surface area contributed by atoms with Crippen molar-refractivity contribution in [2.75, 3.05) is 24.5 Å². The molecule has 4 aromatic carbocycles. The third kappa shape index (κ3) is 8.11. The normalized spacial score (nSPS) is 11.8. The average Bonchev–Trinajstić information content (AvgIpc) is 3.03. The van der Waals surface area contributed by atoms with Gasteiger partial charge in [0, 0.05) is 24.5 Å². The largest absolute Gasteiger partial charge is 0.497 e. The van der Waals surface area contributed by atoms with Gasteiger partial charge >= 0.3 is 0 Å². The summed E-state index contributed by atoms with van der Waals surface area (Å²) >= 11 is 12.8. The van der Waals surface area contributed by atoms with Crippen molar-refractivity contribution in [1.29, 1.82) is 0 Å². The molecular weight excluding hydrogens is 621 g/mol. The number of anilines is 1. The lowest BCUT2D eigenvalue weighted by molar-refractivity contribution is -0.140. The maximum atomic E-state index is 14.4. The number of methoxy groups -OCH3 is 1. The second-order valence-corrected chi connectivity index (χ2v) is 12.6. The van der Waals surface area contributed by atoms with Crippen LogP contribution in [0.2, 0.25) is 10.0 Å². The highest BCUT2D eigenvalue weighted by molar-refractivity contribution is 7.92. The number of sulfonamides is 1. The lowest BCUT2D eigenvalue weighted by Gasteiger charge is -2.34. The SMILES string of the molecule is CCNC(=O)[C@@H](Cc1ccccc1)N(Cc1cccc(OC)c1)C(=O)CN(c1cc(Cl)ccc1Cl)S(=O)(=O)c1ccccc1. The Bertz CT molecular complexity index is 1690. The Kier molecular flexibility index (Phi) is 11.3. The summed E-state index contributed by atoms with van der Waals surface area (Å²) in [5.74, 6) is -0.409. The lowest BCUT2D eigenvalue weighted by atomic mass is 10.0. The summed E-state index contributed by atoms with van der Waals surface area (Å²) in [5, 5.41) is 3.17. The van der Waals surface area contributed by atoms with E-state index in [0.717, 1.165) is 9.87 Å². The molecule has 4 rings (SSSR count). The fourth-order valence-corrected chi connectivity index (χ4v) is 6.61. The molecule has 0 aliphatic heterocycles. The highest BCUT2D eigenvalue weighted by atomic mass is 35.5. The van der Waals surface area contributed by atoms with Gasteiger partial charge in [-0.25, -0.2) is 8.42 Å². The minimum atomic E-state index is -4.30. The van der Waals surface area contributed by atoms with Gasteiger partial charge in [-0.15, -0.1) is 0 Å². The number of carbonyl (C=O) groups is 2. The van der Waals surface area contributed by atoms with E-state index in [1.54, 1.807) is 43.3 Å². The minimum absolute atomic E-state index is 0.00711. The van der Waals surface area contributed by atoms with E-state index in [1.807, 2.05) is 36.4 Å². The molecule has 0 spiro atoms. The molecule has 1 N–H and O–H groups in total. The number of ether oxygens (including phenoxy) is 1. The lowest BCUT2D eigenvalue weighted by Crippen LogP contribution is -2.53. The number of halogens is 2. The number of carbonyl (C=O) groups excluding carboxylic acids is 2. The Morgan fingerprint density at radius 1 is 0.864 bits per heavy atom. The summed E-state index contributed by atoms with van der Waals surface area (Å²) in [5.41, 5.74) is 1.56. The molecule has 0 saturated heterocycles. The van der Waals surface area contributed by atoms with Gasteiger partial charge in [-0.1, -0.05) is 83.9 Å². The fourth-order valence-electron chi connectivity index (χ4n) is 4.72. The molecule has 0 aromatic heterocycles. The van der Waals surface area contributed by atoms with Crippen molar-refractivity contribution in [2.24, 2.45) is 0 Å². The van der Waals surface area contributed by atoms with E-state index in [9.17, 15) is 18.0 Å². The summed E-state index contributed by atoms with van der Waals surface area (Å²) in [6.45, 7) is 1.50. The van der Waals surface area contributed by atoms with Gasteiger partial charge in [0.1, 0.15) is 18.3 Å². The van der Waals surface area contributed by atoms with Gasteiger partial charge in [0.25, 0.3) is 10.0 Å². The summed E-state index contributed by atoms with van der Waals surface area (Å²) in [7, 11) is -2.76. The zero-order valence-corrected chi connectivity index (χ0v) is 26.6. The van der Waals surface area contributed by atoms with Gasteiger partial charge < -0.3 is 15.0 Å². The van der Waals surface area contributed by atoms with Crippen LogP contribution in [0.15, 0.2) is 108 Å². The number of amides is 2. The van der Waals surface area contributed by atoms with Crippen LogP contribution in [0, 0.1) is 0 Å². The van der Waals surface area contributed by atoms with Crippen LogP contribution < -0.4 is 14.4 Å². The van der Waals surface area contributed by atoms with Crippen LogP contribution >= 0.6 is 23.2 Å². The van der Waals surface area contributed by atoms with Gasteiger partial charge in [-0.2, -0.15) is 0 Å². The summed E-state index contributed by atoms with van der Waals surface area (Å²) in [4.78, 5) is 29.4. The molecule has 0 radical (unpaired) electrons. The first kappa shape index (κ1) is 32.9. The molecule has 2 amide bonds. The fraction of sp³-hybridized carbons (Fsp3) is 0.212. The molecule has 0 aliphatic carbocycles. The van der Waals surface area contributed by atoms with Crippen LogP contribution in [-0.4, -0.2) is 51.4 Å². The number of hydrogen-bond donors (Lipinski definition) is 1. The molecule has 0 heterocycles. The summed E-state index contributed by atoms with van der Waals surface area (Å²) < 4.78 is 34.4. The Balaban J connectivity index is 1.83. The topological polar surface area (TPSA) is 96.0 Å². The predicted octanol–water partition coefficient (Wildman–Crippen LogP) is 5.97. The summed E-state index contributed by atoms with van der Waals surface area (Å²) in [6, 6.07) is 27.6. The molecule has 8 nitrogen and oxygen atoms in total. The molecular formula is C33H33Cl2N3O5S. The van der Waals surface area contributed by atoms with Crippen LogP contribution in [0.1, 0.15) is 18.1 Å². The molecule has 0 unspecified atom stereocenters. The maximum absolute atomic E-state index is 14.4. The first-order valence-corrected chi connectivity index (χ1v) is 16.1. The number of benzene rings is 4. The van der Waals surface area contributed by atoms with Gasteiger partial charge in [0.15, 0.2) is 0 Å². The van der Waals surface area contributed by atoms with Crippen molar-refractivity contribution in [1.82, 2.24) is 10.2 Å². The van der Waals surface area contributed by atoms with Crippen molar-refractivity contribution in [3.8, 4) is 5.75 Å². The monoisotopic (exact) mass is 653 g/mol. The van der Waals surface area contributed by atoms with E-state index in [2.05, 4.69) is 5.32 Å². The van der Waals surface area contributed by atoms with Crippen molar-refractivity contribution in [3.63, 3.8) is 0 Å². The van der Waals surface area contributed by atoms with Crippen molar-refractivity contribution in [2.45, 2.75) is 30.8 Å². The highest BCUT2D eigenvalue weighted by Gasteiger charge is 2.35. The van der Waals surface area contributed by atoms with Crippen LogP contribution in [-0.2, 0) is 32.6 Å². The van der Waals surface area contributed by atoms with E-state index in [1.165, 1.54) is 42.3 Å². The van der Waals surface area contributed by atoms with Crippen molar-refractivity contribution >= 4 is 50.7 Å². The molecule has 230 valence electrons. The zero-order chi connectivity index (χ0) is 31.7. The van der Waals surface area contributed by atoms with E-state index in [-0.39, 0.29) is 39.5 Å². The molecule has 0 aliphatic rings. The van der Waals surface area contributed by atoms with Crippen molar-refractivity contribution in [3.05, 3.63) is 124 Å². The molecule has 0 fully saturated rings. The van der Waals surface area contributed by atoms with Gasteiger partial charge in [-0.3, -0.25) is 13.9 Å². The number of hydrogen-bond acceptors (Lipinski definition) is 5. The molecule has 1 atom stereocenters. The predicted molar refractivity (Wildman–Crippen MR) is 174 cm³/mol. The molecule has 4 aromatic rings. The quantitative estimate of drug-likeness (QED) is 0.192. The van der Waals surface area contributed by atoms with E-state index in [0.29, 0.717) is 17.9 Å². The number of likely N-dealkylation sites (N-methyl/N-ethyl adjacent to an activating group) is 1. The van der Waals surface area contributed by atoms with Gasteiger partial charge in [-0.05, 0) is 60.5 Å². The van der Waals surface area contributed by atoms with Crippen LogP contribution in [0.3, 0.4) is 0 Å². The Morgan fingerprint density at radius 3 is 2.18 bits per heavy atom. The second kappa shape index (κ2) is 15.1. The number of nitrogens with zero attached hydrogens (tertiary/aromatic N) is 2. The Hall–Kier alpha value is -4.05. The standard InChI is InChI=1S/C33H33Cl2N3O5S/c1-3-36-33(40)31(20-24-11-6-4-7-12-24)37(22-25-13-10-14-27(19-25)43-2)32(39)23-38(30-21-26(34)17-18-29(30)35)44(41,42)28-15-8-5-9-16-28/h4-19,21,31H,3,20,22-23H2,1-2H3,(H,36,40)/t31-/m1/s1. The van der Waals surface area contributed by atoms with Crippen molar-refractivity contribution < 1.29 is 22.7 Å². The number of rotatable bonds is 13. The Labute approximate surface area is 268 Å². The first-order valence-electron chi connectivity index (χ1n) is 13.9. The minimum Gasteiger partial charge on any atom is -0.497 e. The van der Waals surface area contributed by atoms with Gasteiger partial charge in [0.05, 0.1) is 22.7 Å². The highest BCUT2D eigenvalue weighted by Crippen LogP contribution is 2.33. The average molecular weight is 655 g/mol. The molecule has 44 heavy (non-hydrogen) atoms. The Morgan fingerprint density at radius 2 is 1.52 bits per heavy atom. The second-order valence-electron chi connectivity index (χ2n) is 9.89.